The van der Waals surface area contributed by atoms with Gasteiger partial charge in [0, 0.05) is 17.3 Å². The topological polar surface area (TPSA) is 137 Å². The predicted octanol–water partition coefficient (Wildman–Crippen LogP) is 2.24. The van der Waals surface area contributed by atoms with Crippen molar-refractivity contribution in [1.82, 2.24) is 0 Å². The minimum absolute atomic E-state index is 0.0284. The van der Waals surface area contributed by atoms with Gasteiger partial charge < -0.3 is 14.8 Å². The van der Waals surface area contributed by atoms with Crippen molar-refractivity contribution in [2.75, 3.05) is 30.5 Å². The first-order valence-corrected chi connectivity index (χ1v) is 9.33. The number of nitro groups is 1. The summed E-state index contributed by atoms with van der Waals surface area (Å²) in [5, 5.41) is 13.6. The van der Waals surface area contributed by atoms with E-state index in [0.29, 0.717) is 0 Å². The van der Waals surface area contributed by atoms with Crippen LogP contribution in [0.5, 0.6) is 11.5 Å². The molecule has 0 saturated heterocycles. The van der Waals surface area contributed by atoms with Crippen molar-refractivity contribution in [3.8, 4) is 11.5 Å². The molecule has 0 aromatic heterocycles. The summed E-state index contributed by atoms with van der Waals surface area (Å²) in [6.07, 6.45) is 0.980. The van der Waals surface area contributed by atoms with E-state index in [-0.39, 0.29) is 34.1 Å². The third-order valence-electron chi connectivity index (χ3n) is 3.39. The molecule has 10 nitrogen and oxygen atoms in total. The summed E-state index contributed by atoms with van der Waals surface area (Å²) in [6, 6.07) is 8.13. The zero-order valence-electron chi connectivity index (χ0n) is 14.7. The van der Waals surface area contributed by atoms with Crippen LogP contribution in [0, 0.1) is 10.1 Å². The van der Waals surface area contributed by atoms with E-state index < -0.39 is 20.9 Å². The fourth-order valence-corrected chi connectivity index (χ4v) is 2.80. The van der Waals surface area contributed by atoms with Crippen molar-refractivity contribution < 1.29 is 27.6 Å². The second-order valence-electron chi connectivity index (χ2n) is 5.39. The molecular weight excluding hydrogens is 378 g/mol. The SMILES string of the molecule is COc1ccc(NC(=O)c2ccc(OC)c([N+](=O)[O-])c2)cc1NS(C)(=O)=O. The summed E-state index contributed by atoms with van der Waals surface area (Å²) in [5.74, 6) is -0.324. The van der Waals surface area contributed by atoms with Crippen molar-refractivity contribution in [3.63, 3.8) is 0 Å². The Hall–Kier alpha value is -3.34. The number of benzene rings is 2. The average molecular weight is 395 g/mol. The lowest BCUT2D eigenvalue weighted by Gasteiger charge is -2.12. The molecule has 0 unspecified atom stereocenters. The maximum atomic E-state index is 12.4. The van der Waals surface area contributed by atoms with Gasteiger partial charge in [0.25, 0.3) is 5.91 Å². The molecule has 0 atom stereocenters. The van der Waals surface area contributed by atoms with Crippen LogP contribution in [0.15, 0.2) is 36.4 Å². The normalized spacial score (nSPS) is 10.8. The highest BCUT2D eigenvalue weighted by molar-refractivity contribution is 7.92. The van der Waals surface area contributed by atoms with Gasteiger partial charge in [0.2, 0.25) is 10.0 Å². The molecule has 144 valence electrons. The standard InChI is InChI=1S/C16H17N3O7S/c1-25-14-7-5-11(9-12(14)18-27(3,23)24)17-16(20)10-4-6-15(26-2)13(8-10)19(21)22/h4-9,18H,1-3H3,(H,17,20). The number of nitro benzene ring substituents is 1. The van der Waals surface area contributed by atoms with Crippen LogP contribution in [0.4, 0.5) is 17.1 Å². The smallest absolute Gasteiger partial charge is 0.311 e. The number of sulfonamides is 1. The molecule has 0 heterocycles. The van der Waals surface area contributed by atoms with E-state index in [1.54, 1.807) is 0 Å². The number of rotatable bonds is 7. The van der Waals surface area contributed by atoms with Gasteiger partial charge in [-0.3, -0.25) is 19.6 Å². The van der Waals surface area contributed by atoms with Crippen molar-refractivity contribution in [1.29, 1.82) is 0 Å². The van der Waals surface area contributed by atoms with Gasteiger partial charge in [-0.2, -0.15) is 0 Å². The van der Waals surface area contributed by atoms with Gasteiger partial charge in [-0.25, -0.2) is 8.42 Å². The highest BCUT2D eigenvalue weighted by Gasteiger charge is 2.19. The van der Waals surface area contributed by atoms with Crippen LogP contribution in [-0.4, -0.2) is 39.7 Å². The minimum atomic E-state index is -3.56. The molecule has 2 aromatic carbocycles. The highest BCUT2D eigenvalue weighted by Crippen LogP contribution is 2.30. The molecule has 2 rings (SSSR count). The van der Waals surface area contributed by atoms with E-state index in [4.69, 9.17) is 9.47 Å². The Morgan fingerprint density at radius 1 is 1.07 bits per heavy atom. The molecule has 0 saturated carbocycles. The van der Waals surface area contributed by atoms with Gasteiger partial charge in [-0.05, 0) is 30.3 Å². The second-order valence-corrected chi connectivity index (χ2v) is 7.14. The molecule has 11 heteroatoms. The first-order chi connectivity index (χ1) is 12.6. The van der Waals surface area contributed by atoms with Crippen LogP contribution in [0.2, 0.25) is 0 Å². The number of hydrogen-bond acceptors (Lipinski definition) is 7. The lowest BCUT2D eigenvalue weighted by molar-refractivity contribution is -0.385. The fraction of sp³-hybridized carbons (Fsp3) is 0.188. The van der Waals surface area contributed by atoms with Crippen molar-refractivity contribution in [3.05, 3.63) is 52.1 Å². The number of amides is 1. The van der Waals surface area contributed by atoms with E-state index in [1.807, 2.05) is 0 Å². The Balaban J connectivity index is 2.31. The number of ether oxygens (including phenoxy) is 2. The number of methoxy groups -OCH3 is 2. The highest BCUT2D eigenvalue weighted by atomic mass is 32.2. The number of hydrogen-bond donors (Lipinski definition) is 2. The Kier molecular flexibility index (Phi) is 5.85. The summed E-state index contributed by atoms with van der Waals surface area (Å²) in [6.45, 7) is 0. The first-order valence-electron chi connectivity index (χ1n) is 7.44. The van der Waals surface area contributed by atoms with Gasteiger partial charge in [0.05, 0.1) is 31.1 Å². The maximum Gasteiger partial charge on any atom is 0.311 e. The van der Waals surface area contributed by atoms with Crippen molar-refractivity contribution >= 4 is 33.0 Å². The molecule has 2 N–H and O–H groups in total. The number of carbonyl (C=O) groups excluding carboxylic acids is 1. The molecule has 0 bridgehead atoms. The van der Waals surface area contributed by atoms with Crippen LogP contribution >= 0.6 is 0 Å². The van der Waals surface area contributed by atoms with Crippen molar-refractivity contribution in [2.45, 2.75) is 0 Å². The second kappa shape index (κ2) is 7.91. The van der Waals surface area contributed by atoms with E-state index >= 15 is 0 Å². The summed E-state index contributed by atoms with van der Waals surface area (Å²) >= 11 is 0. The number of nitrogens with zero attached hydrogens (tertiary/aromatic N) is 1. The zero-order valence-corrected chi connectivity index (χ0v) is 15.5. The lowest BCUT2D eigenvalue weighted by Crippen LogP contribution is -2.14. The predicted molar refractivity (Wildman–Crippen MR) is 99.1 cm³/mol. The third kappa shape index (κ3) is 5.07. The Morgan fingerprint density at radius 2 is 1.70 bits per heavy atom. The van der Waals surface area contributed by atoms with Gasteiger partial charge in [-0.1, -0.05) is 0 Å². The fourth-order valence-electron chi connectivity index (χ4n) is 2.24. The van der Waals surface area contributed by atoms with Crippen LogP contribution in [0.1, 0.15) is 10.4 Å². The van der Waals surface area contributed by atoms with Crippen LogP contribution < -0.4 is 19.5 Å². The maximum absolute atomic E-state index is 12.4. The molecule has 1 amide bonds. The molecule has 0 spiro atoms. The molecule has 0 aliphatic rings. The Morgan fingerprint density at radius 3 is 2.26 bits per heavy atom. The van der Waals surface area contributed by atoms with E-state index in [9.17, 15) is 23.3 Å². The minimum Gasteiger partial charge on any atom is -0.495 e. The van der Waals surface area contributed by atoms with E-state index in [2.05, 4.69) is 10.0 Å². The molecule has 2 aromatic rings. The van der Waals surface area contributed by atoms with E-state index in [1.165, 1.54) is 44.6 Å². The summed E-state index contributed by atoms with van der Waals surface area (Å²) in [5.41, 5.74) is 0.0965. The van der Waals surface area contributed by atoms with Gasteiger partial charge in [0.15, 0.2) is 5.75 Å². The van der Waals surface area contributed by atoms with Crippen LogP contribution in [-0.2, 0) is 10.0 Å². The molecule has 0 aliphatic heterocycles. The van der Waals surface area contributed by atoms with Crippen molar-refractivity contribution in [2.24, 2.45) is 0 Å². The summed E-state index contributed by atoms with van der Waals surface area (Å²) in [4.78, 5) is 22.8. The number of carbonyl (C=O) groups is 1. The van der Waals surface area contributed by atoms with Gasteiger partial charge in [0.1, 0.15) is 5.75 Å². The lowest BCUT2D eigenvalue weighted by atomic mass is 10.1. The number of anilines is 2. The Labute approximate surface area is 155 Å². The quantitative estimate of drug-likeness (QED) is 0.542. The van der Waals surface area contributed by atoms with Gasteiger partial charge in [-0.15, -0.1) is 0 Å². The molecule has 0 radical (unpaired) electrons. The third-order valence-corrected chi connectivity index (χ3v) is 3.98. The summed E-state index contributed by atoms with van der Waals surface area (Å²) < 4.78 is 35.2. The van der Waals surface area contributed by atoms with Crippen LogP contribution in [0.25, 0.3) is 0 Å². The first kappa shape index (κ1) is 20.0. The molecule has 27 heavy (non-hydrogen) atoms. The molecular formula is C16H17N3O7S. The monoisotopic (exact) mass is 395 g/mol. The van der Waals surface area contributed by atoms with E-state index in [0.717, 1.165) is 12.3 Å². The Bertz CT molecular complexity index is 990. The molecule has 0 fully saturated rings. The van der Waals surface area contributed by atoms with Gasteiger partial charge >= 0.3 is 5.69 Å². The van der Waals surface area contributed by atoms with Crippen LogP contribution in [0.3, 0.4) is 0 Å². The zero-order chi connectivity index (χ0) is 20.2. The summed E-state index contributed by atoms with van der Waals surface area (Å²) in [7, 11) is -0.902. The largest absolute Gasteiger partial charge is 0.495 e. The average Bonchev–Trinajstić information content (AvgIpc) is 2.60. The number of nitrogens with one attached hydrogen (secondary N) is 2. The molecule has 0 aliphatic carbocycles.